The maximum atomic E-state index is 12.6. The van der Waals surface area contributed by atoms with Crippen LogP contribution in [-0.2, 0) is 0 Å². The summed E-state index contributed by atoms with van der Waals surface area (Å²) in [5.41, 5.74) is 3.05. The maximum absolute atomic E-state index is 12.6. The zero-order valence-corrected chi connectivity index (χ0v) is 15.0. The number of nitrogens with zero attached hydrogens (tertiary/aromatic N) is 3. The van der Waals surface area contributed by atoms with E-state index in [0.29, 0.717) is 17.3 Å². The fraction of sp³-hybridized carbons (Fsp3) is 0.350. The second-order valence-electron chi connectivity index (χ2n) is 6.89. The largest absolute Gasteiger partial charge is 0.348 e. The second kappa shape index (κ2) is 6.88. The Kier molecular flexibility index (Phi) is 4.42. The number of aromatic nitrogens is 2. The molecule has 1 saturated heterocycles. The van der Waals surface area contributed by atoms with Crippen LogP contribution in [0.2, 0.25) is 0 Å². The van der Waals surface area contributed by atoms with Crippen LogP contribution >= 0.6 is 0 Å². The van der Waals surface area contributed by atoms with Gasteiger partial charge in [0.2, 0.25) is 0 Å². The monoisotopic (exact) mass is 350 g/mol. The molecule has 134 valence electrons. The first-order valence-corrected chi connectivity index (χ1v) is 8.93. The third-order valence-corrected chi connectivity index (χ3v) is 5.16. The second-order valence-corrected chi connectivity index (χ2v) is 6.89. The minimum Gasteiger partial charge on any atom is -0.348 e. The van der Waals surface area contributed by atoms with Gasteiger partial charge in [0, 0.05) is 31.4 Å². The normalized spacial score (nSPS) is 18.9. The van der Waals surface area contributed by atoms with E-state index in [1.54, 1.807) is 12.3 Å². The Morgan fingerprint density at radius 1 is 1.35 bits per heavy atom. The number of aryl methyl sites for hydroxylation is 1. The number of rotatable bonds is 4. The summed E-state index contributed by atoms with van der Waals surface area (Å²) in [6.07, 6.45) is 2.49. The van der Waals surface area contributed by atoms with E-state index in [-0.39, 0.29) is 11.9 Å². The van der Waals surface area contributed by atoms with Gasteiger partial charge in [-0.25, -0.2) is 4.98 Å². The fourth-order valence-corrected chi connectivity index (χ4v) is 3.54. The highest BCUT2D eigenvalue weighted by Gasteiger charge is 2.28. The number of carbonyl (C=O) groups is 1. The molecule has 6 heteroatoms. The van der Waals surface area contributed by atoms with Crippen molar-refractivity contribution in [3.63, 3.8) is 0 Å². The predicted molar refractivity (Wildman–Crippen MR) is 98.8 cm³/mol. The van der Waals surface area contributed by atoms with Crippen LogP contribution in [0.4, 0.5) is 0 Å². The molecule has 3 aromatic rings. The topological polar surface area (TPSA) is 71.3 Å². The quantitative estimate of drug-likeness (QED) is 0.783. The molecule has 3 heterocycles. The first-order chi connectivity index (χ1) is 12.6. The van der Waals surface area contributed by atoms with Crippen molar-refractivity contribution >= 4 is 17.0 Å². The van der Waals surface area contributed by atoms with Crippen LogP contribution in [0, 0.1) is 6.92 Å². The number of hydrogen-bond donors (Lipinski definition) is 1. The predicted octanol–water partition coefficient (Wildman–Crippen LogP) is 3.10. The maximum Gasteiger partial charge on any atom is 0.257 e. The molecule has 0 spiro atoms. The van der Waals surface area contributed by atoms with E-state index >= 15 is 0 Å². The molecular formula is C20H22N4O2. The van der Waals surface area contributed by atoms with Gasteiger partial charge in [0.25, 0.3) is 11.6 Å². The van der Waals surface area contributed by atoms with Gasteiger partial charge >= 0.3 is 0 Å². The lowest BCUT2D eigenvalue weighted by molar-refractivity contribution is 0.0936. The van der Waals surface area contributed by atoms with Crippen LogP contribution in [0.1, 0.15) is 41.0 Å². The van der Waals surface area contributed by atoms with E-state index in [4.69, 9.17) is 4.52 Å². The highest BCUT2D eigenvalue weighted by molar-refractivity contribution is 5.97. The summed E-state index contributed by atoms with van der Waals surface area (Å²) < 4.78 is 5.10. The molecular weight excluding hydrogens is 328 g/mol. The van der Waals surface area contributed by atoms with Crippen LogP contribution < -0.4 is 5.32 Å². The SMILES string of the molecule is Cc1noc2ncc(C(=O)N[C@H]3CCN([C@H](C)c4ccccc4)C3)cc12. The van der Waals surface area contributed by atoms with Crippen LogP contribution in [0.15, 0.2) is 47.1 Å². The Hall–Kier alpha value is -2.73. The molecule has 1 fully saturated rings. The Labute approximate surface area is 152 Å². The Morgan fingerprint density at radius 3 is 2.96 bits per heavy atom. The minimum absolute atomic E-state index is 0.0979. The van der Waals surface area contributed by atoms with Crippen molar-refractivity contribution < 1.29 is 9.32 Å². The number of pyridine rings is 1. The first kappa shape index (κ1) is 16.7. The summed E-state index contributed by atoms with van der Waals surface area (Å²) in [4.78, 5) is 19.2. The van der Waals surface area contributed by atoms with E-state index in [1.807, 2.05) is 13.0 Å². The number of likely N-dealkylation sites (tertiary alicyclic amines) is 1. The van der Waals surface area contributed by atoms with Gasteiger partial charge in [-0.3, -0.25) is 9.69 Å². The Balaban J connectivity index is 1.41. The Bertz CT molecular complexity index is 922. The van der Waals surface area contributed by atoms with Crippen LogP contribution in [0.5, 0.6) is 0 Å². The molecule has 1 aromatic carbocycles. The van der Waals surface area contributed by atoms with E-state index in [2.05, 4.69) is 51.5 Å². The lowest BCUT2D eigenvalue weighted by Crippen LogP contribution is -2.37. The molecule has 1 aliphatic rings. The number of hydrogen-bond acceptors (Lipinski definition) is 5. The molecule has 26 heavy (non-hydrogen) atoms. The fourth-order valence-electron chi connectivity index (χ4n) is 3.54. The molecule has 0 aliphatic carbocycles. The van der Waals surface area contributed by atoms with Crippen molar-refractivity contribution in [3.05, 3.63) is 59.4 Å². The third-order valence-electron chi connectivity index (χ3n) is 5.16. The molecule has 2 atom stereocenters. The van der Waals surface area contributed by atoms with Gasteiger partial charge in [-0.15, -0.1) is 0 Å². The zero-order valence-electron chi connectivity index (χ0n) is 15.0. The summed E-state index contributed by atoms with van der Waals surface area (Å²) in [6.45, 7) is 5.88. The molecule has 6 nitrogen and oxygen atoms in total. The zero-order chi connectivity index (χ0) is 18.1. The number of nitrogens with one attached hydrogen (secondary N) is 1. The van der Waals surface area contributed by atoms with Crippen molar-refractivity contribution in [1.82, 2.24) is 20.4 Å². The smallest absolute Gasteiger partial charge is 0.257 e. The lowest BCUT2D eigenvalue weighted by Gasteiger charge is -2.24. The van der Waals surface area contributed by atoms with Gasteiger partial charge in [0.15, 0.2) is 0 Å². The minimum atomic E-state index is -0.0979. The molecule has 1 amide bonds. The summed E-state index contributed by atoms with van der Waals surface area (Å²) in [6, 6.07) is 12.8. The van der Waals surface area contributed by atoms with E-state index in [9.17, 15) is 4.79 Å². The van der Waals surface area contributed by atoms with Crippen molar-refractivity contribution in [3.8, 4) is 0 Å². The van der Waals surface area contributed by atoms with Gasteiger partial charge in [-0.1, -0.05) is 35.5 Å². The van der Waals surface area contributed by atoms with Gasteiger partial charge in [-0.05, 0) is 31.9 Å². The molecule has 2 aromatic heterocycles. The van der Waals surface area contributed by atoms with Crippen LogP contribution in [0.25, 0.3) is 11.1 Å². The average molecular weight is 350 g/mol. The Morgan fingerprint density at radius 2 is 2.15 bits per heavy atom. The van der Waals surface area contributed by atoms with Crippen molar-refractivity contribution in [2.45, 2.75) is 32.4 Å². The van der Waals surface area contributed by atoms with E-state index in [0.717, 1.165) is 30.6 Å². The molecule has 0 unspecified atom stereocenters. The molecule has 0 radical (unpaired) electrons. The molecule has 1 N–H and O–H groups in total. The molecule has 0 saturated carbocycles. The number of amides is 1. The molecule has 4 rings (SSSR count). The van der Waals surface area contributed by atoms with E-state index < -0.39 is 0 Å². The standard InChI is InChI=1S/C20H22N4O2/c1-13-18-10-16(11-21-20(18)26-23-13)19(25)22-17-8-9-24(12-17)14(2)15-6-4-3-5-7-15/h3-7,10-11,14,17H,8-9,12H2,1-2H3,(H,22,25)/t14-,17+/m1/s1. The lowest BCUT2D eigenvalue weighted by atomic mass is 10.1. The van der Waals surface area contributed by atoms with Gasteiger partial charge in [0.05, 0.1) is 16.6 Å². The summed E-state index contributed by atoms with van der Waals surface area (Å²) in [5, 5.41) is 7.80. The van der Waals surface area contributed by atoms with Crippen molar-refractivity contribution in [1.29, 1.82) is 0 Å². The summed E-state index contributed by atoms with van der Waals surface area (Å²) in [5.74, 6) is -0.0979. The highest BCUT2D eigenvalue weighted by Crippen LogP contribution is 2.24. The summed E-state index contributed by atoms with van der Waals surface area (Å²) in [7, 11) is 0. The van der Waals surface area contributed by atoms with Gasteiger partial charge in [-0.2, -0.15) is 0 Å². The number of fused-ring (bicyclic) bond motifs is 1. The summed E-state index contributed by atoms with van der Waals surface area (Å²) >= 11 is 0. The third kappa shape index (κ3) is 3.20. The average Bonchev–Trinajstić information content (AvgIpc) is 3.28. The van der Waals surface area contributed by atoms with Crippen molar-refractivity contribution in [2.75, 3.05) is 13.1 Å². The molecule has 1 aliphatic heterocycles. The van der Waals surface area contributed by atoms with Crippen molar-refractivity contribution in [2.24, 2.45) is 0 Å². The first-order valence-electron chi connectivity index (χ1n) is 8.93. The van der Waals surface area contributed by atoms with Gasteiger partial charge in [0.1, 0.15) is 0 Å². The van der Waals surface area contributed by atoms with Crippen LogP contribution in [0.3, 0.4) is 0 Å². The number of carbonyl (C=O) groups excluding carboxylic acids is 1. The number of benzene rings is 1. The van der Waals surface area contributed by atoms with Gasteiger partial charge < -0.3 is 9.84 Å². The highest BCUT2D eigenvalue weighted by atomic mass is 16.5. The van der Waals surface area contributed by atoms with E-state index in [1.165, 1.54) is 5.56 Å². The van der Waals surface area contributed by atoms with Crippen LogP contribution in [-0.4, -0.2) is 40.1 Å². The molecule has 0 bridgehead atoms.